The summed E-state index contributed by atoms with van der Waals surface area (Å²) >= 11 is 0. The number of hydrogen-bond acceptors (Lipinski definition) is 2. The highest BCUT2D eigenvalue weighted by atomic mass is 16.5. The molecule has 2 aliphatic carbocycles. The zero-order valence-electron chi connectivity index (χ0n) is 12.7. The van der Waals surface area contributed by atoms with Crippen LogP contribution in [0.5, 0.6) is 0 Å². The first-order chi connectivity index (χ1) is 8.81. The van der Waals surface area contributed by atoms with Crippen LogP contribution in [-0.2, 0) is 9.53 Å². The Morgan fingerprint density at radius 2 is 2.16 bits per heavy atom. The van der Waals surface area contributed by atoms with Crippen molar-refractivity contribution in [3.8, 4) is 0 Å². The average molecular weight is 262 g/mol. The highest BCUT2D eigenvalue weighted by Crippen LogP contribution is 2.56. The zero-order chi connectivity index (χ0) is 14.2. The lowest BCUT2D eigenvalue weighted by atomic mass is 9.52. The highest BCUT2D eigenvalue weighted by molar-refractivity contribution is 5.66. The monoisotopic (exact) mass is 262 g/mol. The minimum absolute atomic E-state index is 0.0603. The first-order valence-corrected chi connectivity index (χ1v) is 7.33. The van der Waals surface area contributed by atoms with Gasteiger partial charge in [-0.25, -0.2) is 0 Å². The van der Waals surface area contributed by atoms with E-state index in [1.54, 1.807) is 0 Å². The number of allylic oxidation sites excluding steroid dienone is 2. The Morgan fingerprint density at radius 3 is 2.74 bits per heavy atom. The van der Waals surface area contributed by atoms with Gasteiger partial charge in [-0.3, -0.25) is 4.79 Å². The largest absolute Gasteiger partial charge is 0.458 e. The van der Waals surface area contributed by atoms with Crippen molar-refractivity contribution in [3.63, 3.8) is 0 Å². The minimum Gasteiger partial charge on any atom is -0.458 e. The van der Waals surface area contributed by atoms with Crippen molar-refractivity contribution in [1.82, 2.24) is 0 Å². The molecule has 106 valence electrons. The summed E-state index contributed by atoms with van der Waals surface area (Å²) in [6.07, 6.45) is 6.41. The molecule has 1 saturated carbocycles. The van der Waals surface area contributed by atoms with E-state index in [4.69, 9.17) is 4.74 Å². The minimum atomic E-state index is -0.189. The van der Waals surface area contributed by atoms with Crippen LogP contribution < -0.4 is 0 Å². The Morgan fingerprint density at radius 1 is 1.47 bits per heavy atom. The van der Waals surface area contributed by atoms with Crippen LogP contribution in [0.2, 0.25) is 0 Å². The molecule has 0 spiro atoms. The van der Waals surface area contributed by atoms with Crippen LogP contribution in [0.3, 0.4) is 0 Å². The molecule has 0 aromatic heterocycles. The molecule has 0 bridgehead atoms. The maximum Gasteiger partial charge on any atom is 0.303 e. The number of rotatable bonds is 1. The lowest BCUT2D eigenvalue weighted by Crippen LogP contribution is -2.44. The third kappa shape index (κ3) is 2.93. The maximum atomic E-state index is 11.2. The second-order valence-corrected chi connectivity index (χ2v) is 6.88. The molecule has 19 heavy (non-hydrogen) atoms. The Labute approximate surface area is 116 Å². The van der Waals surface area contributed by atoms with Gasteiger partial charge in [-0.05, 0) is 55.4 Å². The van der Waals surface area contributed by atoms with Crippen molar-refractivity contribution < 1.29 is 9.53 Å². The molecule has 1 fully saturated rings. The van der Waals surface area contributed by atoms with Crippen LogP contribution in [-0.4, -0.2) is 12.1 Å². The number of fused-ring (bicyclic) bond motifs is 1. The van der Waals surface area contributed by atoms with Crippen molar-refractivity contribution in [2.75, 3.05) is 0 Å². The Kier molecular flexibility index (Phi) is 3.89. The van der Waals surface area contributed by atoms with Gasteiger partial charge < -0.3 is 4.74 Å². The van der Waals surface area contributed by atoms with Crippen LogP contribution >= 0.6 is 0 Å². The molecule has 0 unspecified atom stereocenters. The van der Waals surface area contributed by atoms with Crippen molar-refractivity contribution in [2.45, 2.75) is 59.5 Å². The Hall–Kier alpha value is -1.05. The van der Waals surface area contributed by atoms with Crippen molar-refractivity contribution in [2.24, 2.45) is 17.3 Å². The van der Waals surface area contributed by atoms with Gasteiger partial charge in [0.1, 0.15) is 6.10 Å². The summed E-state index contributed by atoms with van der Waals surface area (Å²) in [5, 5.41) is 0. The van der Waals surface area contributed by atoms with Crippen LogP contribution in [0.4, 0.5) is 0 Å². The van der Waals surface area contributed by atoms with Crippen molar-refractivity contribution >= 4 is 5.97 Å². The van der Waals surface area contributed by atoms with Gasteiger partial charge in [0.15, 0.2) is 0 Å². The molecule has 2 heteroatoms. The second kappa shape index (κ2) is 5.15. The molecule has 3 atom stereocenters. The standard InChI is InChI=1S/C17H26O2/c1-11-7-9-16(19-13(3)18)12(2)6-8-15-14(11)10-17(15,4)5/h6,14-16H,1,7-10H2,2-5H3/b12-6+/t14-,15-,16+/m1/s1. The van der Waals surface area contributed by atoms with Gasteiger partial charge in [0, 0.05) is 6.92 Å². The van der Waals surface area contributed by atoms with E-state index in [1.165, 1.54) is 24.5 Å². The molecule has 2 rings (SSSR count). The average Bonchev–Trinajstić information content (AvgIpc) is 2.33. The van der Waals surface area contributed by atoms with Gasteiger partial charge in [0.25, 0.3) is 0 Å². The van der Waals surface area contributed by atoms with Crippen LogP contribution in [0.1, 0.15) is 53.4 Å². The van der Waals surface area contributed by atoms with Crippen molar-refractivity contribution in [1.29, 1.82) is 0 Å². The van der Waals surface area contributed by atoms with Crippen molar-refractivity contribution in [3.05, 3.63) is 23.8 Å². The van der Waals surface area contributed by atoms with E-state index in [0.29, 0.717) is 17.3 Å². The van der Waals surface area contributed by atoms with Gasteiger partial charge >= 0.3 is 5.97 Å². The summed E-state index contributed by atoms with van der Waals surface area (Å²) in [4.78, 5) is 11.2. The quantitative estimate of drug-likeness (QED) is 0.521. The molecular formula is C17H26O2. The molecule has 0 radical (unpaired) electrons. The van der Waals surface area contributed by atoms with E-state index in [1.807, 2.05) is 0 Å². The van der Waals surface area contributed by atoms with Gasteiger partial charge in [-0.2, -0.15) is 0 Å². The summed E-state index contributed by atoms with van der Waals surface area (Å²) in [6.45, 7) is 12.6. The topological polar surface area (TPSA) is 26.3 Å². The van der Waals surface area contributed by atoms with E-state index in [-0.39, 0.29) is 12.1 Å². The molecule has 0 amide bonds. The summed E-state index contributed by atoms with van der Waals surface area (Å²) in [5.74, 6) is 1.17. The third-order valence-electron chi connectivity index (χ3n) is 5.00. The molecule has 0 aromatic carbocycles. The summed E-state index contributed by atoms with van der Waals surface area (Å²) < 4.78 is 5.44. The molecule has 0 saturated heterocycles. The molecular weight excluding hydrogens is 236 g/mol. The molecule has 2 nitrogen and oxygen atoms in total. The third-order valence-corrected chi connectivity index (χ3v) is 5.00. The molecule has 0 aliphatic heterocycles. The smallest absolute Gasteiger partial charge is 0.303 e. The Bertz CT molecular complexity index is 417. The fourth-order valence-electron chi connectivity index (χ4n) is 3.68. The van der Waals surface area contributed by atoms with E-state index in [9.17, 15) is 4.79 Å². The van der Waals surface area contributed by atoms with E-state index < -0.39 is 0 Å². The first kappa shape index (κ1) is 14.4. The van der Waals surface area contributed by atoms with E-state index in [2.05, 4.69) is 33.4 Å². The SMILES string of the molecule is C=C1CC[C@H](OC(C)=O)/C(C)=C/C[C@@H]2[C@@H]1CC2(C)C. The highest BCUT2D eigenvalue weighted by Gasteiger charge is 2.47. The number of hydrogen-bond donors (Lipinski definition) is 0. The van der Waals surface area contributed by atoms with E-state index >= 15 is 0 Å². The molecule has 2 aliphatic rings. The summed E-state index contributed by atoms with van der Waals surface area (Å²) in [6, 6.07) is 0. The maximum absolute atomic E-state index is 11.2. The van der Waals surface area contributed by atoms with Crippen LogP contribution in [0.15, 0.2) is 23.8 Å². The normalized spacial score (nSPS) is 36.7. The fraction of sp³-hybridized carbons (Fsp3) is 0.706. The number of carbonyl (C=O) groups is 1. The first-order valence-electron chi connectivity index (χ1n) is 7.33. The van der Waals surface area contributed by atoms with E-state index in [0.717, 1.165) is 19.3 Å². The summed E-state index contributed by atoms with van der Waals surface area (Å²) in [5.41, 5.74) is 2.97. The van der Waals surface area contributed by atoms with Crippen LogP contribution in [0, 0.1) is 17.3 Å². The second-order valence-electron chi connectivity index (χ2n) is 6.88. The van der Waals surface area contributed by atoms with Crippen LogP contribution in [0.25, 0.3) is 0 Å². The number of carbonyl (C=O) groups excluding carboxylic acids is 1. The predicted octanol–water partition coefficient (Wildman–Crippen LogP) is 4.27. The number of ether oxygens (including phenoxy) is 1. The van der Waals surface area contributed by atoms with Gasteiger partial charge in [0.05, 0.1) is 0 Å². The summed E-state index contributed by atoms with van der Waals surface area (Å²) in [7, 11) is 0. The Balaban J connectivity index is 2.16. The molecule has 0 aromatic rings. The molecule has 0 N–H and O–H groups in total. The lowest BCUT2D eigenvalue weighted by molar-refractivity contribution is -0.144. The number of esters is 1. The van der Waals surface area contributed by atoms with Gasteiger partial charge in [-0.1, -0.05) is 32.1 Å². The van der Waals surface area contributed by atoms with Gasteiger partial charge in [0.2, 0.25) is 0 Å². The van der Waals surface area contributed by atoms with Gasteiger partial charge in [-0.15, -0.1) is 0 Å². The zero-order valence-corrected chi connectivity index (χ0v) is 12.7. The fourth-order valence-corrected chi connectivity index (χ4v) is 3.68. The lowest BCUT2D eigenvalue weighted by Gasteiger charge is -2.52. The molecule has 0 heterocycles. The predicted molar refractivity (Wildman–Crippen MR) is 77.7 cm³/mol.